The van der Waals surface area contributed by atoms with E-state index in [1.165, 1.54) is 19.2 Å². The minimum atomic E-state index is -0.977. The molecule has 1 amide bonds. The molecule has 6 heteroatoms. The van der Waals surface area contributed by atoms with E-state index >= 15 is 0 Å². The summed E-state index contributed by atoms with van der Waals surface area (Å²) < 4.78 is 6.10. The third-order valence-corrected chi connectivity index (χ3v) is 3.80. The summed E-state index contributed by atoms with van der Waals surface area (Å²) in [5, 5.41) is 11.7. The molecule has 0 saturated carbocycles. The summed E-state index contributed by atoms with van der Waals surface area (Å²) in [5.41, 5.74) is 2.33. The molecule has 0 aliphatic rings. The number of benzene rings is 2. The maximum Gasteiger partial charge on any atom is 0.335 e. The molecule has 0 unspecified atom stereocenters. The van der Waals surface area contributed by atoms with Gasteiger partial charge in [-0.3, -0.25) is 4.79 Å². The van der Waals surface area contributed by atoms with Gasteiger partial charge >= 0.3 is 5.97 Å². The number of aromatic carboxylic acids is 1. The van der Waals surface area contributed by atoms with Crippen LogP contribution in [0.4, 0.5) is 0 Å². The van der Waals surface area contributed by atoms with Gasteiger partial charge in [-0.2, -0.15) is 0 Å². The van der Waals surface area contributed by atoms with Crippen LogP contribution in [-0.2, 0) is 6.54 Å². The molecular weight excluding hydrogens is 362 g/mol. The number of nitrogens with one attached hydrogen (secondary N) is 1. The highest BCUT2D eigenvalue weighted by molar-refractivity contribution is 9.10. The van der Waals surface area contributed by atoms with Crippen molar-refractivity contribution in [2.45, 2.75) is 13.5 Å². The Labute approximate surface area is 142 Å². The lowest BCUT2D eigenvalue weighted by Gasteiger charge is -2.12. The van der Waals surface area contributed by atoms with Crippen LogP contribution < -0.4 is 10.1 Å². The molecule has 2 N–H and O–H groups in total. The number of carboxylic acids is 1. The van der Waals surface area contributed by atoms with Gasteiger partial charge in [0.1, 0.15) is 5.75 Å². The molecule has 0 saturated heterocycles. The van der Waals surface area contributed by atoms with E-state index in [0.29, 0.717) is 17.9 Å². The van der Waals surface area contributed by atoms with Gasteiger partial charge in [0.2, 0.25) is 0 Å². The molecule has 0 bridgehead atoms. The number of amides is 1. The Hall–Kier alpha value is -2.34. The minimum absolute atomic E-state index is 0.212. The molecule has 0 radical (unpaired) electrons. The lowest BCUT2D eigenvalue weighted by atomic mass is 10.1. The lowest BCUT2D eigenvalue weighted by Crippen LogP contribution is -2.23. The largest absolute Gasteiger partial charge is 0.496 e. The molecule has 23 heavy (non-hydrogen) atoms. The van der Waals surface area contributed by atoms with E-state index in [1.54, 1.807) is 18.2 Å². The average molecular weight is 378 g/mol. The Kier molecular flexibility index (Phi) is 5.39. The second kappa shape index (κ2) is 7.28. The van der Waals surface area contributed by atoms with Gasteiger partial charge in [0.25, 0.3) is 5.91 Å². The van der Waals surface area contributed by atoms with Crippen molar-refractivity contribution in [3.63, 3.8) is 0 Å². The molecule has 2 aromatic rings. The van der Waals surface area contributed by atoms with Crippen LogP contribution in [0.15, 0.2) is 40.9 Å². The predicted octanol–water partition coefficient (Wildman–Crippen LogP) is 3.39. The van der Waals surface area contributed by atoms with Gasteiger partial charge in [0.05, 0.1) is 18.2 Å². The summed E-state index contributed by atoms with van der Waals surface area (Å²) in [4.78, 5) is 23.2. The number of aryl methyl sites for hydroxylation is 1. The van der Waals surface area contributed by atoms with Gasteiger partial charge in [0, 0.05) is 11.0 Å². The second-order valence-electron chi connectivity index (χ2n) is 4.99. The van der Waals surface area contributed by atoms with E-state index in [0.717, 1.165) is 15.6 Å². The van der Waals surface area contributed by atoms with Crippen molar-refractivity contribution >= 4 is 27.8 Å². The third-order valence-electron chi connectivity index (χ3n) is 3.34. The van der Waals surface area contributed by atoms with Crippen molar-refractivity contribution in [2.24, 2.45) is 0 Å². The highest BCUT2D eigenvalue weighted by atomic mass is 79.9. The van der Waals surface area contributed by atoms with Crippen molar-refractivity contribution < 1.29 is 19.4 Å². The molecule has 0 spiro atoms. The number of hydrogen-bond donors (Lipinski definition) is 2. The number of hydrogen-bond acceptors (Lipinski definition) is 3. The van der Waals surface area contributed by atoms with Gasteiger partial charge in [-0.15, -0.1) is 0 Å². The van der Waals surface area contributed by atoms with Gasteiger partial charge < -0.3 is 15.2 Å². The fourth-order valence-electron chi connectivity index (χ4n) is 2.21. The summed E-state index contributed by atoms with van der Waals surface area (Å²) in [5.74, 6) is -0.699. The van der Waals surface area contributed by atoms with E-state index < -0.39 is 5.97 Å². The zero-order chi connectivity index (χ0) is 17.0. The number of rotatable bonds is 5. The predicted molar refractivity (Wildman–Crippen MR) is 90.0 cm³/mol. The van der Waals surface area contributed by atoms with Crippen molar-refractivity contribution in [1.82, 2.24) is 5.32 Å². The van der Waals surface area contributed by atoms with Crippen LogP contribution in [0.25, 0.3) is 0 Å². The molecule has 2 rings (SSSR count). The van der Waals surface area contributed by atoms with Crippen LogP contribution in [0.2, 0.25) is 0 Å². The molecular formula is C17H16BrNO4. The van der Waals surface area contributed by atoms with Gasteiger partial charge in [0.15, 0.2) is 0 Å². The number of carbonyl (C=O) groups excluding carboxylic acids is 1. The van der Waals surface area contributed by atoms with Crippen molar-refractivity contribution in [3.05, 3.63) is 63.1 Å². The van der Waals surface area contributed by atoms with Gasteiger partial charge in [-0.05, 0) is 42.3 Å². The Morgan fingerprint density at radius 1 is 1.22 bits per heavy atom. The number of carbonyl (C=O) groups is 2. The zero-order valence-electron chi connectivity index (χ0n) is 12.7. The maximum atomic E-state index is 12.4. The van der Waals surface area contributed by atoms with Crippen LogP contribution in [0, 0.1) is 6.92 Å². The maximum absolute atomic E-state index is 12.4. The molecule has 0 aromatic heterocycles. The van der Waals surface area contributed by atoms with E-state index in [2.05, 4.69) is 21.2 Å². The van der Waals surface area contributed by atoms with Gasteiger partial charge in [-0.25, -0.2) is 4.79 Å². The lowest BCUT2D eigenvalue weighted by molar-refractivity contribution is 0.0696. The van der Waals surface area contributed by atoms with Crippen LogP contribution in [0.1, 0.15) is 31.8 Å². The number of methoxy groups -OCH3 is 1. The molecule has 0 fully saturated rings. The van der Waals surface area contributed by atoms with Gasteiger partial charge in [-0.1, -0.05) is 28.1 Å². The first-order valence-electron chi connectivity index (χ1n) is 6.87. The molecule has 0 aliphatic carbocycles. The highest BCUT2D eigenvalue weighted by Gasteiger charge is 2.15. The Balaban J connectivity index is 2.12. The van der Waals surface area contributed by atoms with Crippen LogP contribution >= 0.6 is 15.9 Å². The number of halogens is 1. The molecule has 0 atom stereocenters. The normalized spacial score (nSPS) is 10.2. The summed E-state index contributed by atoms with van der Waals surface area (Å²) >= 11 is 3.37. The molecule has 2 aromatic carbocycles. The summed E-state index contributed by atoms with van der Waals surface area (Å²) in [7, 11) is 1.53. The Morgan fingerprint density at radius 2 is 1.87 bits per heavy atom. The highest BCUT2D eigenvalue weighted by Crippen LogP contribution is 2.27. The average Bonchev–Trinajstić information content (AvgIpc) is 2.52. The van der Waals surface area contributed by atoms with E-state index in [9.17, 15) is 9.59 Å². The molecule has 0 heterocycles. The van der Waals surface area contributed by atoms with Crippen molar-refractivity contribution in [1.29, 1.82) is 0 Å². The Morgan fingerprint density at radius 3 is 2.43 bits per heavy atom. The quantitative estimate of drug-likeness (QED) is 0.836. The molecule has 5 nitrogen and oxygen atoms in total. The van der Waals surface area contributed by atoms with Crippen LogP contribution in [0.3, 0.4) is 0 Å². The van der Waals surface area contributed by atoms with E-state index in [4.69, 9.17) is 9.84 Å². The zero-order valence-corrected chi connectivity index (χ0v) is 14.3. The van der Waals surface area contributed by atoms with Crippen molar-refractivity contribution in [3.8, 4) is 5.75 Å². The first kappa shape index (κ1) is 17.0. The molecule has 120 valence electrons. The first-order chi connectivity index (χ1) is 10.9. The summed E-state index contributed by atoms with van der Waals surface area (Å²) in [6, 6.07) is 9.94. The van der Waals surface area contributed by atoms with Crippen LogP contribution in [-0.4, -0.2) is 24.1 Å². The number of ether oxygens (including phenoxy) is 1. The first-order valence-corrected chi connectivity index (χ1v) is 7.66. The monoisotopic (exact) mass is 377 g/mol. The minimum Gasteiger partial charge on any atom is -0.496 e. The topological polar surface area (TPSA) is 75.6 Å². The SMILES string of the molecule is COc1c(C)cc(Br)cc1C(=O)NCc1ccc(C(=O)O)cc1. The summed E-state index contributed by atoms with van der Waals surface area (Å²) in [6.07, 6.45) is 0. The van der Waals surface area contributed by atoms with E-state index in [-0.39, 0.29) is 11.5 Å². The second-order valence-corrected chi connectivity index (χ2v) is 5.90. The van der Waals surface area contributed by atoms with Crippen LogP contribution in [0.5, 0.6) is 5.75 Å². The standard InChI is InChI=1S/C17H16BrNO4/c1-10-7-13(18)8-14(15(10)23-2)16(20)19-9-11-3-5-12(6-4-11)17(21)22/h3-8H,9H2,1-2H3,(H,19,20)(H,21,22). The Bertz CT molecular complexity index is 741. The smallest absolute Gasteiger partial charge is 0.335 e. The van der Waals surface area contributed by atoms with E-state index in [1.807, 2.05) is 13.0 Å². The number of carboxylic acid groups (broad SMARTS) is 1. The fraction of sp³-hybridized carbons (Fsp3) is 0.176. The summed E-state index contributed by atoms with van der Waals surface area (Å²) in [6.45, 7) is 2.17. The van der Waals surface area contributed by atoms with Crippen molar-refractivity contribution in [2.75, 3.05) is 7.11 Å². The molecule has 0 aliphatic heterocycles. The third kappa shape index (κ3) is 4.10. The fourth-order valence-corrected chi connectivity index (χ4v) is 2.78.